The molecule has 0 saturated heterocycles. The van der Waals surface area contributed by atoms with Gasteiger partial charge >= 0.3 is 0 Å². The van der Waals surface area contributed by atoms with Crippen LogP contribution in [-0.4, -0.2) is 32.0 Å². The van der Waals surface area contributed by atoms with Crippen LogP contribution < -0.4 is 10.5 Å². The second kappa shape index (κ2) is 7.69. The fourth-order valence-corrected chi connectivity index (χ4v) is 4.85. The fraction of sp³-hybridized carbons (Fsp3) is 0.308. The van der Waals surface area contributed by atoms with Crippen LogP contribution in [0.3, 0.4) is 0 Å². The first-order valence-electron chi connectivity index (χ1n) is 11.5. The number of rotatable bonds is 4. The summed E-state index contributed by atoms with van der Waals surface area (Å²) < 4.78 is 3.06. The Hall–Kier alpha value is -3.74. The lowest BCUT2D eigenvalue weighted by atomic mass is 10.0. The van der Waals surface area contributed by atoms with E-state index in [-0.39, 0.29) is 18.0 Å². The van der Waals surface area contributed by atoms with Crippen molar-refractivity contribution < 1.29 is 4.79 Å². The average Bonchev–Trinajstić information content (AvgIpc) is 3.59. The number of hydrogen-bond acceptors (Lipinski definition) is 4. The number of fused-ring (bicyclic) bond motifs is 2. The lowest BCUT2D eigenvalue weighted by Crippen LogP contribution is -2.40. The second-order valence-electron chi connectivity index (χ2n) is 9.01. The molecule has 2 aromatic carbocycles. The third-order valence-electron chi connectivity index (χ3n) is 6.71. The van der Waals surface area contributed by atoms with E-state index in [0.29, 0.717) is 18.0 Å². The van der Waals surface area contributed by atoms with Crippen molar-refractivity contribution in [2.45, 2.75) is 45.1 Å². The molecule has 0 N–H and O–H groups in total. The third kappa shape index (κ3) is 3.35. The molecule has 1 aliphatic heterocycles. The molecule has 3 heterocycles. The highest BCUT2D eigenvalue weighted by molar-refractivity contribution is 5.94. The maximum atomic E-state index is 13.6. The van der Waals surface area contributed by atoms with Crippen molar-refractivity contribution in [3.05, 3.63) is 81.9 Å². The van der Waals surface area contributed by atoms with Gasteiger partial charge in [0.05, 0.1) is 17.6 Å². The van der Waals surface area contributed by atoms with E-state index in [4.69, 9.17) is 0 Å². The van der Waals surface area contributed by atoms with Gasteiger partial charge in [-0.25, -0.2) is 9.36 Å². The van der Waals surface area contributed by atoms with Gasteiger partial charge in [-0.3, -0.25) is 9.59 Å². The summed E-state index contributed by atoms with van der Waals surface area (Å²) in [6.45, 7) is 2.58. The standard InChI is InChI=1S/C26H25N5O2/c1-17-7-2-4-10-21(17)31-25-20(15-27-31)24(19-12-13-19)28-30(26(25)33)16-23(32)29-14-6-9-18-8-3-5-11-22(18)29/h2-5,7-8,10-11,15,19H,6,9,12-14,16H2,1H3. The SMILES string of the molecule is Cc1ccccc1-n1ncc2c(C3CC3)nn(CC(=O)N3CCCc4ccccc43)c(=O)c21. The number of amides is 1. The zero-order valence-electron chi connectivity index (χ0n) is 18.6. The van der Waals surface area contributed by atoms with Crippen molar-refractivity contribution in [1.29, 1.82) is 0 Å². The second-order valence-corrected chi connectivity index (χ2v) is 9.01. The highest BCUT2D eigenvalue weighted by Gasteiger charge is 2.31. The van der Waals surface area contributed by atoms with E-state index in [1.165, 1.54) is 10.2 Å². The molecule has 166 valence electrons. The molecule has 4 aromatic rings. The maximum absolute atomic E-state index is 13.6. The molecule has 1 aliphatic carbocycles. The quantitative estimate of drug-likeness (QED) is 0.486. The van der Waals surface area contributed by atoms with Crippen molar-refractivity contribution in [3.8, 4) is 5.69 Å². The van der Waals surface area contributed by atoms with E-state index in [9.17, 15) is 9.59 Å². The van der Waals surface area contributed by atoms with Crippen molar-refractivity contribution in [3.63, 3.8) is 0 Å². The summed E-state index contributed by atoms with van der Waals surface area (Å²) in [7, 11) is 0. The van der Waals surface area contributed by atoms with E-state index >= 15 is 0 Å². The first-order valence-corrected chi connectivity index (χ1v) is 11.5. The van der Waals surface area contributed by atoms with Gasteiger partial charge in [0.25, 0.3) is 5.56 Å². The topological polar surface area (TPSA) is 73.0 Å². The summed E-state index contributed by atoms with van der Waals surface area (Å²) in [5.41, 5.74) is 5.08. The Kier molecular flexibility index (Phi) is 4.64. The molecule has 2 aromatic heterocycles. The first-order chi connectivity index (χ1) is 16.1. The van der Waals surface area contributed by atoms with Crippen LogP contribution in [0.2, 0.25) is 0 Å². The smallest absolute Gasteiger partial charge is 0.293 e. The van der Waals surface area contributed by atoms with Gasteiger partial charge in [0.15, 0.2) is 0 Å². The number of carbonyl (C=O) groups excluding carboxylic acids is 1. The molecule has 0 spiro atoms. The third-order valence-corrected chi connectivity index (χ3v) is 6.71. The number of para-hydroxylation sites is 2. The van der Waals surface area contributed by atoms with Gasteiger partial charge in [0.1, 0.15) is 12.1 Å². The Morgan fingerprint density at radius 1 is 1.06 bits per heavy atom. The number of aromatic nitrogens is 4. The Morgan fingerprint density at radius 2 is 1.82 bits per heavy atom. The zero-order valence-corrected chi connectivity index (χ0v) is 18.6. The Balaban J connectivity index is 1.45. The summed E-state index contributed by atoms with van der Waals surface area (Å²) in [4.78, 5) is 28.8. The fourth-order valence-electron chi connectivity index (χ4n) is 4.85. The normalized spacial score (nSPS) is 15.6. The minimum absolute atomic E-state index is 0.0816. The molecule has 0 radical (unpaired) electrons. The summed E-state index contributed by atoms with van der Waals surface area (Å²) in [5.74, 6) is 0.208. The van der Waals surface area contributed by atoms with Crippen LogP contribution in [0.5, 0.6) is 0 Å². The Bertz CT molecular complexity index is 1450. The van der Waals surface area contributed by atoms with Crippen molar-refractivity contribution in [2.75, 3.05) is 11.4 Å². The maximum Gasteiger partial charge on any atom is 0.293 e. The van der Waals surface area contributed by atoms with Crippen LogP contribution in [0.4, 0.5) is 5.69 Å². The summed E-state index contributed by atoms with van der Waals surface area (Å²) in [6, 6.07) is 15.9. The van der Waals surface area contributed by atoms with Crippen LogP contribution in [-0.2, 0) is 17.8 Å². The monoisotopic (exact) mass is 439 g/mol. The van der Waals surface area contributed by atoms with Gasteiger partial charge in [0.2, 0.25) is 5.91 Å². The van der Waals surface area contributed by atoms with E-state index in [2.05, 4.69) is 16.3 Å². The van der Waals surface area contributed by atoms with Crippen molar-refractivity contribution in [1.82, 2.24) is 19.6 Å². The number of anilines is 1. The van der Waals surface area contributed by atoms with Gasteiger partial charge in [-0.15, -0.1) is 0 Å². The van der Waals surface area contributed by atoms with Crippen molar-refractivity contribution in [2.24, 2.45) is 0 Å². The summed E-state index contributed by atoms with van der Waals surface area (Å²) in [6.07, 6.45) is 5.71. The Morgan fingerprint density at radius 3 is 2.61 bits per heavy atom. The summed E-state index contributed by atoms with van der Waals surface area (Å²) >= 11 is 0. The molecule has 7 nitrogen and oxygen atoms in total. The van der Waals surface area contributed by atoms with Gasteiger partial charge in [-0.1, -0.05) is 36.4 Å². The summed E-state index contributed by atoms with van der Waals surface area (Å²) in [5, 5.41) is 10.0. The molecule has 0 atom stereocenters. The van der Waals surface area contributed by atoms with Crippen LogP contribution >= 0.6 is 0 Å². The van der Waals surface area contributed by atoms with E-state index in [0.717, 1.165) is 53.7 Å². The lowest BCUT2D eigenvalue weighted by molar-refractivity contribution is -0.119. The van der Waals surface area contributed by atoms with E-state index in [1.807, 2.05) is 49.4 Å². The largest absolute Gasteiger partial charge is 0.311 e. The molecular formula is C26H25N5O2. The molecule has 1 saturated carbocycles. The highest BCUT2D eigenvalue weighted by atomic mass is 16.2. The molecule has 33 heavy (non-hydrogen) atoms. The first kappa shape index (κ1) is 19.9. The molecule has 1 amide bonds. The van der Waals surface area contributed by atoms with E-state index < -0.39 is 0 Å². The number of aryl methyl sites for hydroxylation is 2. The van der Waals surface area contributed by atoms with Gasteiger partial charge in [-0.2, -0.15) is 10.2 Å². The lowest BCUT2D eigenvalue weighted by Gasteiger charge is -2.29. The molecule has 0 bridgehead atoms. The number of carbonyl (C=O) groups is 1. The Labute approximate surface area is 191 Å². The van der Waals surface area contributed by atoms with E-state index in [1.54, 1.807) is 15.8 Å². The predicted octanol–water partition coefficient (Wildman–Crippen LogP) is 3.75. The molecular weight excluding hydrogens is 414 g/mol. The molecule has 1 fully saturated rings. The number of hydrogen-bond donors (Lipinski definition) is 0. The van der Waals surface area contributed by atoms with Crippen LogP contribution in [0, 0.1) is 6.92 Å². The number of benzene rings is 2. The average molecular weight is 440 g/mol. The van der Waals surface area contributed by atoms with Crippen LogP contribution in [0.1, 0.15) is 42.0 Å². The minimum atomic E-state index is -0.284. The highest BCUT2D eigenvalue weighted by Crippen LogP contribution is 2.41. The molecule has 6 rings (SSSR count). The number of nitrogens with zero attached hydrogens (tertiary/aromatic N) is 5. The molecule has 7 heteroatoms. The van der Waals surface area contributed by atoms with Gasteiger partial charge in [-0.05, 0) is 55.9 Å². The van der Waals surface area contributed by atoms with Crippen molar-refractivity contribution >= 4 is 22.5 Å². The molecule has 0 unspecified atom stereocenters. The van der Waals surface area contributed by atoms with Gasteiger partial charge < -0.3 is 4.90 Å². The van der Waals surface area contributed by atoms with Crippen LogP contribution in [0.15, 0.2) is 59.5 Å². The minimum Gasteiger partial charge on any atom is -0.311 e. The zero-order chi connectivity index (χ0) is 22.5. The molecule has 2 aliphatic rings. The van der Waals surface area contributed by atoms with Gasteiger partial charge in [0, 0.05) is 23.5 Å². The predicted molar refractivity (Wildman–Crippen MR) is 127 cm³/mol. The van der Waals surface area contributed by atoms with Crippen LogP contribution in [0.25, 0.3) is 16.6 Å².